The Morgan fingerprint density at radius 3 is 2.41 bits per heavy atom. The molecule has 2 aromatic rings. The van der Waals surface area contributed by atoms with Gasteiger partial charge >= 0.3 is 12.1 Å². The highest BCUT2D eigenvalue weighted by atomic mass is 19.4. The number of methoxy groups -OCH3 is 1. The number of hydrogen-bond acceptors (Lipinski definition) is 6. The molecule has 8 nitrogen and oxygen atoms in total. The topological polar surface area (TPSA) is 94.2 Å². The normalized spacial score (nSPS) is 13.4. The first-order valence-corrected chi connectivity index (χ1v) is 10.4. The Balaban J connectivity index is 1.55. The smallest absolute Gasteiger partial charge is 0.416 e. The zero-order valence-corrected chi connectivity index (χ0v) is 18.3. The maximum Gasteiger partial charge on any atom is 0.416 e. The van der Waals surface area contributed by atoms with E-state index in [1.165, 1.54) is 37.4 Å². The number of ether oxygens (including phenoxy) is 3. The molecule has 1 aliphatic rings. The lowest BCUT2D eigenvalue weighted by Gasteiger charge is -2.15. The van der Waals surface area contributed by atoms with Crippen LogP contribution in [0.5, 0.6) is 11.5 Å². The average molecular weight is 480 g/mol. The minimum absolute atomic E-state index is 0.0306. The van der Waals surface area contributed by atoms with E-state index < -0.39 is 30.2 Å². The van der Waals surface area contributed by atoms with E-state index >= 15 is 0 Å². The molecule has 34 heavy (non-hydrogen) atoms. The molecular weight excluding hydrogens is 457 g/mol. The van der Waals surface area contributed by atoms with Crippen molar-refractivity contribution in [2.24, 2.45) is 0 Å². The summed E-state index contributed by atoms with van der Waals surface area (Å²) < 4.78 is 54.0. The van der Waals surface area contributed by atoms with Crippen LogP contribution in [0.3, 0.4) is 0 Å². The molecule has 1 heterocycles. The summed E-state index contributed by atoms with van der Waals surface area (Å²) in [7, 11) is 1.33. The van der Waals surface area contributed by atoms with Gasteiger partial charge in [-0.2, -0.15) is 13.2 Å². The molecule has 2 aromatic carbocycles. The zero-order valence-electron chi connectivity index (χ0n) is 18.3. The van der Waals surface area contributed by atoms with Crippen molar-refractivity contribution in [1.82, 2.24) is 4.90 Å². The maximum atomic E-state index is 12.8. The summed E-state index contributed by atoms with van der Waals surface area (Å²) in [5.74, 6) is -1.41. The van der Waals surface area contributed by atoms with E-state index in [0.717, 1.165) is 25.0 Å². The largest absolute Gasteiger partial charge is 0.493 e. The number of benzene rings is 2. The fraction of sp³-hybridized carbons (Fsp3) is 0.348. The second-order valence-corrected chi connectivity index (χ2v) is 7.45. The van der Waals surface area contributed by atoms with Crippen molar-refractivity contribution in [3.63, 3.8) is 0 Å². The molecule has 1 fully saturated rings. The molecule has 0 atom stereocenters. The van der Waals surface area contributed by atoms with E-state index in [1.54, 1.807) is 4.90 Å². The molecule has 3 rings (SSSR count). The minimum atomic E-state index is -4.53. The highest BCUT2D eigenvalue weighted by Gasteiger charge is 2.30. The molecule has 0 spiro atoms. The number of anilines is 1. The Morgan fingerprint density at radius 2 is 1.74 bits per heavy atom. The predicted molar refractivity (Wildman–Crippen MR) is 115 cm³/mol. The van der Waals surface area contributed by atoms with E-state index in [0.29, 0.717) is 13.1 Å². The Morgan fingerprint density at radius 1 is 1.00 bits per heavy atom. The highest BCUT2D eigenvalue weighted by Crippen LogP contribution is 2.31. The molecule has 1 saturated heterocycles. The number of halogens is 3. The van der Waals surface area contributed by atoms with Crippen molar-refractivity contribution in [1.29, 1.82) is 0 Å². The van der Waals surface area contributed by atoms with Crippen LogP contribution in [-0.2, 0) is 20.5 Å². The predicted octanol–water partition coefficient (Wildman–Crippen LogP) is 3.51. The van der Waals surface area contributed by atoms with E-state index in [1.807, 2.05) is 0 Å². The summed E-state index contributed by atoms with van der Waals surface area (Å²) in [5, 5.41) is 2.33. The Hall–Kier alpha value is -3.76. The molecule has 0 saturated carbocycles. The van der Waals surface area contributed by atoms with Gasteiger partial charge in [-0.25, -0.2) is 4.79 Å². The fourth-order valence-corrected chi connectivity index (χ4v) is 3.30. The molecule has 0 radical (unpaired) electrons. The van der Waals surface area contributed by atoms with Gasteiger partial charge in [-0.3, -0.25) is 9.59 Å². The summed E-state index contributed by atoms with van der Waals surface area (Å²) in [6, 6.07) is 8.31. The molecule has 1 N–H and O–H groups in total. The molecule has 1 aliphatic heterocycles. The second kappa shape index (κ2) is 10.9. The summed E-state index contributed by atoms with van der Waals surface area (Å²) >= 11 is 0. The molecule has 182 valence electrons. The summed E-state index contributed by atoms with van der Waals surface area (Å²) in [4.78, 5) is 38.0. The molecule has 0 aliphatic carbocycles. The van der Waals surface area contributed by atoms with Gasteiger partial charge in [-0.05, 0) is 49.2 Å². The number of rotatable bonds is 8. The van der Waals surface area contributed by atoms with Crippen molar-refractivity contribution in [2.75, 3.05) is 38.7 Å². The summed E-state index contributed by atoms with van der Waals surface area (Å²) in [5.41, 5.74) is -0.804. The number of esters is 1. The first kappa shape index (κ1) is 24.9. The van der Waals surface area contributed by atoms with Crippen LogP contribution in [0, 0.1) is 0 Å². The van der Waals surface area contributed by atoms with Gasteiger partial charge in [0.2, 0.25) is 0 Å². The number of amides is 2. The van der Waals surface area contributed by atoms with Gasteiger partial charge in [0.05, 0.1) is 18.2 Å². The second-order valence-electron chi connectivity index (χ2n) is 7.45. The van der Waals surface area contributed by atoms with Crippen molar-refractivity contribution < 1.29 is 41.8 Å². The SMILES string of the molecule is COc1cc(C(=O)OCC(=O)N2CCCC2)ccc1OCC(=O)Nc1cccc(C(F)(F)F)c1. The van der Waals surface area contributed by atoms with Gasteiger partial charge < -0.3 is 24.4 Å². The highest BCUT2D eigenvalue weighted by molar-refractivity contribution is 5.93. The number of nitrogens with one attached hydrogen (secondary N) is 1. The van der Waals surface area contributed by atoms with Crippen LogP contribution in [0.2, 0.25) is 0 Å². The van der Waals surface area contributed by atoms with Crippen LogP contribution in [-0.4, -0.2) is 56.1 Å². The zero-order chi connectivity index (χ0) is 24.7. The quantitative estimate of drug-likeness (QED) is 0.582. The monoisotopic (exact) mass is 480 g/mol. The molecule has 11 heteroatoms. The molecule has 0 unspecified atom stereocenters. The number of hydrogen-bond donors (Lipinski definition) is 1. The van der Waals surface area contributed by atoms with Gasteiger partial charge in [0.1, 0.15) is 0 Å². The van der Waals surface area contributed by atoms with Gasteiger partial charge in [0.25, 0.3) is 11.8 Å². The number of nitrogens with zero attached hydrogens (tertiary/aromatic N) is 1. The number of carbonyl (C=O) groups excluding carboxylic acids is 3. The van der Waals surface area contributed by atoms with E-state index in [4.69, 9.17) is 14.2 Å². The van der Waals surface area contributed by atoms with Crippen molar-refractivity contribution >= 4 is 23.5 Å². The standard InChI is InChI=1S/C23H23F3N2O6/c1-32-19-11-15(22(31)34-14-21(30)28-9-2-3-10-28)7-8-18(19)33-13-20(29)27-17-6-4-5-16(12-17)23(24,25)26/h4-8,11-12H,2-3,9-10,13-14H2,1H3,(H,27,29). The molecular formula is C23H23F3N2O6. The van der Waals surface area contributed by atoms with Crippen LogP contribution >= 0.6 is 0 Å². The van der Waals surface area contributed by atoms with Crippen LogP contribution in [0.4, 0.5) is 18.9 Å². The lowest BCUT2D eigenvalue weighted by molar-refractivity contribution is -0.137. The van der Waals surface area contributed by atoms with Crippen LogP contribution in [0.1, 0.15) is 28.8 Å². The van der Waals surface area contributed by atoms with Crippen molar-refractivity contribution in [2.45, 2.75) is 19.0 Å². The van der Waals surface area contributed by atoms with Gasteiger partial charge in [-0.1, -0.05) is 6.07 Å². The fourth-order valence-electron chi connectivity index (χ4n) is 3.30. The lowest BCUT2D eigenvalue weighted by atomic mass is 10.2. The summed E-state index contributed by atoms with van der Waals surface area (Å²) in [6.07, 6.45) is -2.68. The van der Waals surface area contributed by atoms with Crippen LogP contribution in [0.15, 0.2) is 42.5 Å². The summed E-state index contributed by atoms with van der Waals surface area (Å²) in [6.45, 7) is 0.422. The third-order valence-corrected chi connectivity index (χ3v) is 5.02. The first-order valence-electron chi connectivity index (χ1n) is 10.4. The first-order chi connectivity index (χ1) is 16.2. The van der Waals surface area contributed by atoms with E-state index in [9.17, 15) is 27.6 Å². The van der Waals surface area contributed by atoms with Crippen LogP contribution in [0.25, 0.3) is 0 Å². The lowest BCUT2D eigenvalue weighted by Crippen LogP contribution is -2.32. The number of carbonyl (C=O) groups is 3. The van der Waals surface area contributed by atoms with Gasteiger partial charge in [-0.15, -0.1) is 0 Å². The Kier molecular flexibility index (Phi) is 7.98. The Labute approximate surface area is 193 Å². The van der Waals surface area contributed by atoms with Gasteiger partial charge in [0.15, 0.2) is 24.7 Å². The number of likely N-dealkylation sites (tertiary alicyclic amines) is 1. The number of alkyl halides is 3. The third-order valence-electron chi connectivity index (χ3n) is 5.02. The van der Waals surface area contributed by atoms with E-state index in [-0.39, 0.29) is 35.3 Å². The molecule has 2 amide bonds. The third kappa shape index (κ3) is 6.63. The van der Waals surface area contributed by atoms with Crippen molar-refractivity contribution in [3.05, 3.63) is 53.6 Å². The molecule has 0 bridgehead atoms. The Bertz CT molecular complexity index is 1050. The maximum absolute atomic E-state index is 12.8. The minimum Gasteiger partial charge on any atom is -0.493 e. The van der Waals surface area contributed by atoms with E-state index in [2.05, 4.69) is 5.32 Å². The van der Waals surface area contributed by atoms with Crippen molar-refractivity contribution in [3.8, 4) is 11.5 Å². The van der Waals surface area contributed by atoms with Gasteiger partial charge in [0, 0.05) is 18.8 Å². The average Bonchev–Trinajstić information content (AvgIpc) is 3.35. The molecule has 0 aromatic heterocycles. The van der Waals surface area contributed by atoms with Crippen LogP contribution < -0.4 is 14.8 Å².